The quantitative estimate of drug-likeness (QED) is 0.772. The molecule has 2 aromatic rings. The zero-order valence-corrected chi connectivity index (χ0v) is 12.4. The average molecular weight is 286 g/mol. The van der Waals surface area contributed by atoms with Crippen LogP contribution in [-0.2, 0) is 4.79 Å². The molecule has 1 heterocycles. The van der Waals surface area contributed by atoms with Gasteiger partial charge in [0.2, 0.25) is 0 Å². The summed E-state index contributed by atoms with van der Waals surface area (Å²) in [7, 11) is 0. The Balaban J connectivity index is 1.91. The van der Waals surface area contributed by atoms with E-state index in [0.29, 0.717) is 5.92 Å². The lowest BCUT2D eigenvalue weighted by Crippen LogP contribution is -2.11. The van der Waals surface area contributed by atoms with Crippen LogP contribution in [-0.4, -0.2) is 22.6 Å². The molecule has 4 nitrogen and oxygen atoms in total. The van der Waals surface area contributed by atoms with Crippen LogP contribution in [0.1, 0.15) is 32.6 Å². The van der Waals surface area contributed by atoms with Gasteiger partial charge in [-0.2, -0.15) is 0 Å². The molecule has 2 N–H and O–H groups in total. The van der Waals surface area contributed by atoms with Gasteiger partial charge in [0.15, 0.2) is 0 Å². The lowest BCUT2D eigenvalue weighted by atomic mass is 9.96. The molecule has 1 unspecified atom stereocenters. The van der Waals surface area contributed by atoms with Gasteiger partial charge in [-0.1, -0.05) is 37.6 Å². The van der Waals surface area contributed by atoms with Crippen molar-refractivity contribution in [3.63, 3.8) is 0 Å². The molecule has 2 rings (SSSR count). The van der Waals surface area contributed by atoms with Gasteiger partial charge in [-0.15, -0.1) is 0 Å². The lowest BCUT2D eigenvalue weighted by molar-refractivity contribution is -0.137. The van der Waals surface area contributed by atoms with Crippen molar-refractivity contribution in [2.24, 2.45) is 5.92 Å². The molecule has 1 aromatic heterocycles. The molecule has 1 atom stereocenters. The molecule has 1 aromatic carbocycles. The van der Waals surface area contributed by atoms with Crippen LogP contribution in [0, 0.1) is 5.92 Å². The molecular weight excluding hydrogens is 264 g/mol. The first kappa shape index (κ1) is 15.3. The molecule has 0 spiro atoms. The van der Waals surface area contributed by atoms with E-state index in [4.69, 9.17) is 5.11 Å². The molecule has 0 aliphatic rings. The van der Waals surface area contributed by atoms with E-state index in [0.717, 1.165) is 37.0 Å². The van der Waals surface area contributed by atoms with E-state index in [1.807, 2.05) is 24.4 Å². The Kier molecular flexibility index (Phi) is 5.55. The Morgan fingerprint density at radius 1 is 1.29 bits per heavy atom. The standard InChI is InChI=1S/C17H22N2O2/c1-2-13(7-8-16(20)21)9-11-18-17-15-6-4-3-5-14(15)10-12-19-17/h3-6,10,12-13H,2,7-9,11H2,1H3,(H,18,19)(H,20,21). The molecule has 0 fully saturated rings. The molecule has 0 saturated heterocycles. The third kappa shape index (κ3) is 4.45. The van der Waals surface area contributed by atoms with Gasteiger partial charge in [0.25, 0.3) is 0 Å². The monoisotopic (exact) mass is 286 g/mol. The Labute approximate surface area is 125 Å². The first-order valence-electron chi connectivity index (χ1n) is 7.50. The summed E-state index contributed by atoms with van der Waals surface area (Å²) in [6, 6.07) is 10.2. The van der Waals surface area contributed by atoms with Gasteiger partial charge >= 0.3 is 5.97 Å². The van der Waals surface area contributed by atoms with Crippen LogP contribution in [0.25, 0.3) is 10.8 Å². The third-order valence-electron chi connectivity index (χ3n) is 3.86. The maximum Gasteiger partial charge on any atom is 0.303 e. The number of anilines is 1. The van der Waals surface area contributed by atoms with Crippen molar-refractivity contribution < 1.29 is 9.90 Å². The molecular formula is C17H22N2O2. The number of nitrogens with one attached hydrogen (secondary N) is 1. The van der Waals surface area contributed by atoms with E-state index in [-0.39, 0.29) is 6.42 Å². The van der Waals surface area contributed by atoms with Crippen molar-refractivity contribution in [1.82, 2.24) is 4.98 Å². The first-order chi connectivity index (χ1) is 10.2. The number of carbonyl (C=O) groups is 1. The summed E-state index contributed by atoms with van der Waals surface area (Å²) in [6.45, 7) is 2.93. The molecule has 0 radical (unpaired) electrons. The van der Waals surface area contributed by atoms with Crippen molar-refractivity contribution in [2.45, 2.75) is 32.6 Å². The SMILES string of the molecule is CCC(CCNc1nccc2ccccc12)CCC(=O)O. The summed E-state index contributed by atoms with van der Waals surface area (Å²) in [4.78, 5) is 15.0. The van der Waals surface area contributed by atoms with Crippen molar-refractivity contribution in [1.29, 1.82) is 0 Å². The highest BCUT2D eigenvalue weighted by Gasteiger charge is 2.09. The smallest absolute Gasteiger partial charge is 0.303 e. The number of nitrogens with zero attached hydrogens (tertiary/aromatic N) is 1. The van der Waals surface area contributed by atoms with Crippen molar-refractivity contribution in [3.8, 4) is 0 Å². The molecule has 0 amide bonds. The van der Waals surface area contributed by atoms with Gasteiger partial charge in [-0.25, -0.2) is 4.98 Å². The van der Waals surface area contributed by atoms with Gasteiger partial charge in [-0.3, -0.25) is 4.79 Å². The van der Waals surface area contributed by atoms with E-state index in [1.165, 1.54) is 5.39 Å². The number of aliphatic carboxylic acids is 1. The van der Waals surface area contributed by atoms with Gasteiger partial charge in [0.1, 0.15) is 5.82 Å². The Morgan fingerprint density at radius 3 is 2.86 bits per heavy atom. The summed E-state index contributed by atoms with van der Waals surface area (Å²) in [5.74, 6) is 0.641. The van der Waals surface area contributed by atoms with Crippen molar-refractivity contribution in [2.75, 3.05) is 11.9 Å². The van der Waals surface area contributed by atoms with Crippen LogP contribution in [0.5, 0.6) is 0 Å². The Morgan fingerprint density at radius 2 is 2.10 bits per heavy atom. The largest absolute Gasteiger partial charge is 0.481 e. The second-order valence-electron chi connectivity index (χ2n) is 5.30. The van der Waals surface area contributed by atoms with Crippen LogP contribution in [0.15, 0.2) is 36.5 Å². The fraction of sp³-hybridized carbons (Fsp3) is 0.412. The summed E-state index contributed by atoms with van der Waals surface area (Å²) >= 11 is 0. The zero-order chi connectivity index (χ0) is 15.1. The molecule has 112 valence electrons. The number of carboxylic acids is 1. The van der Waals surface area contributed by atoms with Crippen LogP contribution >= 0.6 is 0 Å². The van der Waals surface area contributed by atoms with Gasteiger partial charge in [-0.05, 0) is 30.2 Å². The van der Waals surface area contributed by atoms with Crippen LogP contribution in [0.4, 0.5) is 5.82 Å². The molecule has 21 heavy (non-hydrogen) atoms. The molecule has 0 aliphatic carbocycles. The minimum atomic E-state index is -0.711. The number of benzene rings is 1. The summed E-state index contributed by atoms with van der Waals surface area (Å²) in [5, 5.41) is 14.4. The van der Waals surface area contributed by atoms with E-state index in [1.54, 1.807) is 0 Å². The molecule has 0 aliphatic heterocycles. The average Bonchev–Trinajstić information content (AvgIpc) is 2.50. The van der Waals surface area contributed by atoms with Crippen LogP contribution in [0.3, 0.4) is 0 Å². The van der Waals surface area contributed by atoms with E-state index >= 15 is 0 Å². The normalized spacial score (nSPS) is 12.2. The fourth-order valence-corrected chi connectivity index (χ4v) is 2.54. The number of rotatable bonds is 8. The molecule has 0 saturated carbocycles. The lowest BCUT2D eigenvalue weighted by Gasteiger charge is -2.15. The number of aromatic nitrogens is 1. The van der Waals surface area contributed by atoms with E-state index in [9.17, 15) is 4.79 Å². The first-order valence-corrected chi connectivity index (χ1v) is 7.50. The summed E-state index contributed by atoms with van der Waals surface area (Å²) < 4.78 is 0. The maximum absolute atomic E-state index is 10.6. The van der Waals surface area contributed by atoms with Crippen LogP contribution < -0.4 is 5.32 Å². The third-order valence-corrected chi connectivity index (χ3v) is 3.86. The highest BCUT2D eigenvalue weighted by Crippen LogP contribution is 2.21. The van der Waals surface area contributed by atoms with Crippen LogP contribution in [0.2, 0.25) is 0 Å². The van der Waals surface area contributed by atoms with Gasteiger partial charge in [0.05, 0.1) is 0 Å². The number of fused-ring (bicyclic) bond motifs is 1. The van der Waals surface area contributed by atoms with Crippen molar-refractivity contribution in [3.05, 3.63) is 36.5 Å². The minimum Gasteiger partial charge on any atom is -0.481 e. The highest BCUT2D eigenvalue weighted by atomic mass is 16.4. The number of hydrogen-bond acceptors (Lipinski definition) is 3. The fourth-order valence-electron chi connectivity index (χ4n) is 2.54. The predicted octanol–water partition coefficient (Wildman–Crippen LogP) is 3.93. The van der Waals surface area contributed by atoms with Crippen molar-refractivity contribution >= 4 is 22.6 Å². The second-order valence-corrected chi connectivity index (χ2v) is 5.30. The topological polar surface area (TPSA) is 62.2 Å². The van der Waals surface area contributed by atoms with Gasteiger partial charge in [0, 0.05) is 24.5 Å². The Bertz CT molecular complexity index is 593. The predicted molar refractivity (Wildman–Crippen MR) is 85.5 cm³/mol. The molecule has 4 heteroatoms. The summed E-state index contributed by atoms with van der Waals surface area (Å²) in [6.07, 6.45) is 4.79. The minimum absolute atomic E-state index is 0.255. The molecule has 0 bridgehead atoms. The maximum atomic E-state index is 10.6. The number of pyridine rings is 1. The zero-order valence-electron chi connectivity index (χ0n) is 12.4. The van der Waals surface area contributed by atoms with E-state index in [2.05, 4.69) is 29.4 Å². The Hall–Kier alpha value is -2.10. The van der Waals surface area contributed by atoms with Gasteiger partial charge < -0.3 is 10.4 Å². The number of carboxylic acid groups (broad SMARTS) is 1. The second kappa shape index (κ2) is 7.62. The summed E-state index contributed by atoms with van der Waals surface area (Å²) in [5.41, 5.74) is 0. The number of hydrogen-bond donors (Lipinski definition) is 2. The van der Waals surface area contributed by atoms with E-state index < -0.39 is 5.97 Å². The highest BCUT2D eigenvalue weighted by molar-refractivity contribution is 5.91.